The number of benzene rings is 1. The highest BCUT2D eigenvalue weighted by Crippen LogP contribution is 2.33. The lowest BCUT2D eigenvalue weighted by molar-refractivity contribution is -0.137. The Hall–Kier alpha value is -2.82. The number of halogens is 3. The van der Waals surface area contributed by atoms with Gasteiger partial charge in [-0.15, -0.1) is 0 Å². The number of aromatic nitrogens is 1. The molecule has 11 heteroatoms. The van der Waals surface area contributed by atoms with Crippen molar-refractivity contribution in [3.05, 3.63) is 47.2 Å². The van der Waals surface area contributed by atoms with Crippen LogP contribution in [-0.2, 0) is 16.2 Å². The first-order valence-corrected chi connectivity index (χ1v) is 9.36. The number of carbonyl (C=O) groups is 1. The number of nitrogens with zero attached hydrogens (tertiary/aromatic N) is 1. The zero-order chi connectivity index (χ0) is 21.3. The number of sulfonamides is 1. The molecule has 0 saturated carbocycles. The van der Waals surface area contributed by atoms with Gasteiger partial charge in [0, 0.05) is 6.20 Å². The number of rotatable bonds is 6. The molecule has 0 saturated heterocycles. The van der Waals surface area contributed by atoms with Gasteiger partial charge in [0.15, 0.2) is 0 Å². The van der Waals surface area contributed by atoms with Crippen molar-refractivity contribution in [2.75, 3.05) is 11.8 Å². The monoisotopic (exact) mass is 418 g/mol. The van der Waals surface area contributed by atoms with Crippen molar-refractivity contribution < 1.29 is 36.2 Å². The Morgan fingerprint density at radius 1 is 1.21 bits per heavy atom. The Morgan fingerprint density at radius 2 is 1.86 bits per heavy atom. The number of nitrogens with one attached hydrogen (secondary N) is 1. The molecule has 2 aromatic rings. The summed E-state index contributed by atoms with van der Waals surface area (Å²) in [5, 5.41) is 9.02. The molecule has 28 heavy (non-hydrogen) atoms. The summed E-state index contributed by atoms with van der Waals surface area (Å²) in [6.45, 7) is 3.68. The van der Waals surface area contributed by atoms with E-state index in [0.717, 1.165) is 0 Å². The van der Waals surface area contributed by atoms with Crippen molar-refractivity contribution in [2.24, 2.45) is 0 Å². The molecule has 1 heterocycles. The Bertz CT molecular complexity index is 1000. The fourth-order valence-corrected chi connectivity index (χ4v) is 3.38. The number of pyridine rings is 1. The molecule has 0 fully saturated rings. The van der Waals surface area contributed by atoms with Gasteiger partial charge < -0.3 is 9.84 Å². The SMILES string of the molecule is COc1ncc(C(C)C)cc1NS(=O)(=O)c1cc(C(=O)O)cc(C(F)(F)F)c1. The molecule has 0 aliphatic heterocycles. The average molecular weight is 418 g/mol. The summed E-state index contributed by atoms with van der Waals surface area (Å²) >= 11 is 0. The van der Waals surface area contributed by atoms with Crippen molar-refractivity contribution in [1.29, 1.82) is 0 Å². The molecule has 0 radical (unpaired) electrons. The maximum Gasteiger partial charge on any atom is 0.416 e. The predicted molar refractivity (Wildman–Crippen MR) is 94.1 cm³/mol. The van der Waals surface area contributed by atoms with Gasteiger partial charge in [0.2, 0.25) is 5.88 Å². The average Bonchev–Trinajstić information content (AvgIpc) is 2.60. The standard InChI is InChI=1S/C17H17F3N2O5S/c1-9(2)11-6-14(15(27-3)21-8-11)22-28(25,26)13-5-10(16(23)24)4-12(7-13)17(18,19)20/h4-9,22H,1-3H3,(H,23,24). The van der Waals surface area contributed by atoms with Crippen molar-refractivity contribution in [3.63, 3.8) is 0 Å². The minimum Gasteiger partial charge on any atom is -0.480 e. The second kappa shape index (κ2) is 7.66. The number of hydrogen-bond donors (Lipinski definition) is 2. The van der Waals surface area contributed by atoms with E-state index in [9.17, 15) is 26.4 Å². The predicted octanol–water partition coefficient (Wildman–Crippen LogP) is 3.73. The summed E-state index contributed by atoms with van der Waals surface area (Å²) in [7, 11) is -3.31. The lowest BCUT2D eigenvalue weighted by atomic mass is 10.1. The van der Waals surface area contributed by atoms with Gasteiger partial charge >= 0.3 is 12.1 Å². The van der Waals surface area contributed by atoms with E-state index in [0.29, 0.717) is 23.8 Å². The summed E-state index contributed by atoms with van der Waals surface area (Å²) in [5.74, 6) is -1.78. The van der Waals surface area contributed by atoms with Crippen LogP contribution >= 0.6 is 0 Å². The van der Waals surface area contributed by atoms with Crippen LogP contribution in [0.3, 0.4) is 0 Å². The molecule has 1 aromatic carbocycles. The molecule has 1 aromatic heterocycles. The van der Waals surface area contributed by atoms with Gasteiger partial charge in [-0.25, -0.2) is 18.2 Å². The van der Waals surface area contributed by atoms with Crippen molar-refractivity contribution in [3.8, 4) is 5.88 Å². The third kappa shape index (κ3) is 4.71. The van der Waals surface area contributed by atoms with Crippen LogP contribution in [0.25, 0.3) is 0 Å². The van der Waals surface area contributed by atoms with E-state index in [1.165, 1.54) is 19.4 Å². The molecule has 152 valence electrons. The molecule has 2 rings (SSSR count). The number of methoxy groups -OCH3 is 1. The molecule has 0 atom stereocenters. The normalized spacial score (nSPS) is 12.1. The first kappa shape index (κ1) is 21.5. The number of aromatic carboxylic acids is 1. The quantitative estimate of drug-likeness (QED) is 0.741. The fraction of sp³-hybridized carbons (Fsp3) is 0.294. The molecule has 0 spiro atoms. The summed E-state index contributed by atoms with van der Waals surface area (Å²) < 4.78 is 71.6. The zero-order valence-electron chi connectivity index (χ0n) is 15.0. The maximum absolute atomic E-state index is 13.0. The Balaban J connectivity index is 2.58. The molecular formula is C17H17F3N2O5S. The molecule has 0 amide bonds. The van der Waals surface area contributed by atoms with Crippen molar-refractivity contribution in [1.82, 2.24) is 4.98 Å². The van der Waals surface area contributed by atoms with Gasteiger partial charge in [-0.05, 0) is 35.7 Å². The summed E-state index contributed by atoms with van der Waals surface area (Å²) in [5.41, 5.74) is -1.62. The fourth-order valence-electron chi connectivity index (χ4n) is 2.26. The van der Waals surface area contributed by atoms with E-state index in [4.69, 9.17) is 9.84 Å². The molecule has 0 aliphatic rings. The topological polar surface area (TPSA) is 106 Å². The number of hydrogen-bond acceptors (Lipinski definition) is 5. The Morgan fingerprint density at radius 3 is 2.36 bits per heavy atom. The maximum atomic E-state index is 13.0. The highest BCUT2D eigenvalue weighted by Gasteiger charge is 2.33. The highest BCUT2D eigenvalue weighted by atomic mass is 32.2. The minimum absolute atomic E-state index is 0.00571. The van der Waals surface area contributed by atoms with E-state index >= 15 is 0 Å². The van der Waals surface area contributed by atoms with Gasteiger partial charge in [0.1, 0.15) is 5.69 Å². The van der Waals surface area contributed by atoms with E-state index in [1.54, 1.807) is 0 Å². The van der Waals surface area contributed by atoms with Gasteiger partial charge in [-0.1, -0.05) is 13.8 Å². The van der Waals surface area contributed by atoms with E-state index in [-0.39, 0.29) is 17.5 Å². The zero-order valence-corrected chi connectivity index (χ0v) is 15.9. The van der Waals surface area contributed by atoms with Crippen molar-refractivity contribution >= 4 is 21.7 Å². The molecular weight excluding hydrogens is 401 g/mol. The van der Waals surface area contributed by atoms with Crippen LogP contribution in [0.5, 0.6) is 5.88 Å². The van der Waals surface area contributed by atoms with Gasteiger partial charge in [-0.2, -0.15) is 13.2 Å². The highest BCUT2D eigenvalue weighted by molar-refractivity contribution is 7.92. The molecule has 0 bridgehead atoms. The van der Waals surface area contributed by atoms with Crippen LogP contribution in [0.4, 0.5) is 18.9 Å². The number of carboxylic acids is 1. The first-order valence-electron chi connectivity index (χ1n) is 7.87. The van der Waals surface area contributed by atoms with E-state index in [1.807, 2.05) is 13.8 Å². The number of anilines is 1. The van der Waals surface area contributed by atoms with Crippen LogP contribution < -0.4 is 9.46 Å². The number of carboxylic acid groups (broad SMARTS) is 1. The van der Waals surface area contributed by atoms with E-state index in [2.05, 4.69) is 9.71 Å². The molecule has 7 nitrogen and oxygen atoms in total. The van der Waals surface area contributed by atoms with Gasteiger partial charge in [0.05, 0.1) is 23.1 Å². The Labute approximate surface area is 159 Å². The van der Waals surface area contributed by atoms with Gasteiger partial charge in [-0.3, -0.25) is 4.72 Å². The van der Waals surface area contributed by atoms with Crippen LogP contribution in [-0.4, -0.2) is 31.6 Å². The largest absolute Gasteiger partial charge is 0.480 e. The minimum atomic E-state index is -4.92. The second-order valence-electron chi connectivity index (χ2n) is 6.13. The summed E-state index contributed by atoms with van der Waals surface area (Å²) in [4.78, 5) is 14.3. The lowest BCUT2D eigenvalue weighted by Gasteiger charge is -2.15. The van der Waals surface area contributed by atoms with Gasteiger partial charge in [0.25, 0.3) is 10.0 Å². The third-order valence-corrected chi connectivity index (χ3v) is 5.11. The van der Waals surface area contributed by atoms with Crippen molar-refractivity contribution in [2.45, 2.75) is 30.8 Å². The third-order valence-electron chi connectivity index (χ3n) is 3.77. The molecule has 0 unspecified atom stereocenters. The first-order chi connectivity index (χ1) is 12.8. The number of ether oxygens (including phenoxy) is 1. The Kier molecular flexibility index (Phi) is 5.88. The number of alkyl halides is 3. The van der Waals surface area contributed by atoms with E-state index < -0.39 is 38.2 Å². The lowest BCUT2D eigenvalue weighted by Crippen LogP contribution is -2.17. The smallest absolute Gasteiger partial charge is 0.416 e. The van der Waals surface area contributed by atoms with Crippen LogP contribution in [0, 0.1) is 0 Å². The van der Waals surface area contributed by atoms with Crippen LogP contribution in [0.2, 0.25) is 0 Å². The summed E-state index contributed by atoms with van der Waals surface area (Å²) in [6.07, 6.45) is -3.44. The second-order valence-corrected chi connectivity index (χ2v) is 7.82. The summed E-state index contributed by atoms with van der Waals surface area (Å²) in [6, 6.07) is 2.82. The van der Waals surface area contributed by atoms with Crippen LogP contribution in [0.15, 0.2) is 35.4 Å². The molecule has 2 N–H and O–H groups in total. The van der Waals surface area contributed by atoms with Crippen LogP contribution in [0.1, 0.15) is 41.3 Å². The molecule has 0 aliphatic carbocycles.